The van der Waals surface area contributed by atoms with E-state index < -0.39 is 12.6 Å². The average Bonchev–Trinajstić information content (AvgIpc) is 2.50. The number of carbonyl (C=O) groups is 1. The van der Waals surface area contributed by atoms with E-state index in [9.17, 15) is 18.0 Å². The molecule has 0 fully saturated rings. The average molecular weight is 358 g/mol. The Morgan fingerprint density at radius 2 is 1.60 bits per heavy atom. The maximum absolute atomic E-state index is 12.3. The smallest absolute Gasteiger partial charge is 0.348 e. The van der Waals surface area contributed by atoms with Crippen LogP contribution in [0, 0.1) is 5.92 Å². The summed E-state index contributed by atoms with van der Waals surface area (Å²) in [5, 5.41) is 2.95. The van der Waals surface area contributed by atoms with Crippen LogP contribution in [0.25, 0.3) is 0 Å². The summed E-state index contributed by atoms with van der Waals surface area (Å²) < 4.78 is 36.8. The molecule has 25 heavy (non-hydrogen) atoms. The summed E-state index contributed by atoms with van der Waals surface area (Å²) in [4.78, 5) is 13.6. The number of rotatable bonds is 8. The number of amides is 1. The fourth-order valence-corrected chi connectivity index (χ4v) is 2.58. The van der Waals surface area contributed by atoms with Crippen molar-refractivity contribution in [2.75, 3.05) is 20.1 Å². The highest BCUT2D eigenvalue weighted by atomic mass is 19.4. The van der Waals surface area contributed by atoms with Gasteiger partial charge >= 0.3 is 6.18 Å². The molecule has 1 rings (SSSR count). The standard InChI is InChI=1S/C19H29F3N2O/c1-13(2)15-6-8-16(9-7-15)18(14(3)4)23-17(25)12-24(5)11-10-19(20,21)22/h6-9,13-14,18H,10-12H2,1-5H3,(H,23,25). The van der Waals surface area contributed by atoms with Crippen LogP contribution in [0.3, 0.4) is 0 Å². The molecular weight excluding hydrogens is 329 g/mol. The molecule has 0 aliphatic rings. The fraction of sp³-hybridized carbons (Fsp3) is 0.632. The third-order valence-corrected chi connectivity index (χ3v) is 4.14. The van der Waals surface area contributed by atoms with Crippen LogP contribution in [-0.2, 0) is 4.79 Å². The first kappa shape index (κ1) is 21.5. The Labute approximate surface area is 148 Å². The number of nitrogens with one attached hydrogen (secondary N) is 1. The van der Waals surface area contributed by atoms with Crippen LogP contribution in [0.5, 0.6) is 0 Å². The van der Waals surface area contributed by atoms with Gasteiger partial charge in [0, 0.05) is 6.54 Å². The first-order chi connectivity index (χ1) is 11.5. The van der Waals surface area contributed by atoms with Gasteiger partial charge in [0.05, 0.1) is 19.0 Å². The molecule has 1 N–H and O–H groups in total. The minimum Gasteiger partial charge on any atom is -0.348 e. The zero-order valence-corrected chi connectivity index (χ0v) is 15.7. The second kappa shape index (κ2) is 9.22. The van der Waals surface area contributed by atoms with Gasteiger partial charge in [0.15, 0.2) is 0 Å². The van der Waals surface area contributed by atoms with Gasteiger partial charge in [-0.2, -0.15) is 13.2 Å². The van der Waals surface area contributed by atoms with Crippen molar-refractivity contribution in [2.24, 2.45) is 5.92 Å². The molecule has 142 valence electrons. The Balaban J connectivity index is 2.66. The predicted molar refractivity (Wildman–Crippen MR) is 94.4 cm³/mol. The van der Waals surface area contributed by atoms with Gasteiger partial charge in [0.1, 0.15) is 0 Å². The number of carbonyl (C=O) groups excluding carboxylic acids is 1. The predicted octanol–water partition coefficient (Wildman–Crippen LogP) is 4.51. The summed E-state index contributed by atoms with van der Waals surface area (Å²) in [5.41, 5.74) is 2.23. The zero-order chi connectivity index (χ0) is 19.2. The van der Waals surface area contributed by atoms with Crippen molar-refractivity contribution >= 4 is 5.91 Å². The molecule has 0 aliphatic carbocycles. The number of benzene rings is 1. The van der Waals surface area contributed by atoms with E-state index in [0.29, 0.717) is 5.92 Å². The lowest BCUT2D eigenvalue weighted by molar-refractivity contribution is -0.139. The molecule has 1 aromatic carbocycles. The molecular formula is C19H29F3N2O. The van der Waals surface area contributed by atoms with Crippen LogP contribution >= 0.6 is 0 Å². The van der Waals surface area contributed by atoms with Crippen LogP contribution in [0.1, 0.15) is 57.2 Å². The molecule has 0 saturated heterocycles. The van der Waals surface area contributed by atoms with E-state index in [1.165, 1.54) is 17.5 Å². The van der Waals surface area contributed by atoms with E-state index in [0.717, 1.165) is 5.56 Å². The van der Waals surface area contributed by atoms with Gasteiger partial charge in [-0.3, -0.25) is 9.69 Å². The second-order valence-corrected chi connectivity index (χ2v) is 7.21. The Bertz CT molecular complexity index is 539. The molecule has 6 heteroatoms. The van der Waals surface area contributed by atoms with Crippen LogP contribution in [0.2, 0.25) is 0 Å². The molecule has 1 unspecified atom stereocenters. The number of likely N-dealkylation sites (N-methyl/N-ethyl adjacent to an activating group) is 1. The highest BCUT2D eigenvalue weighted by molar-refractivity contribution is 5.78. The normalized spacial score (nSPS) is 13.6. The molecule has 0 saturated carbocycles. The van der Waals surface area contributed by atoms with E-state index in [2.05, 4.69) is 31.3 Å². The summed E-state index contributed by atoms with van der Waals surface area (Å²) in [6.07, 6.45) is -5.12. The summed E-state index contributed by atoms with van der Waals surface area (Å²) in [5.74, 6) is 0.342. The van der Waals surface area contributed by atoms with Gasteiger partial charge in [-0.25, -0.2) is 0 Å². The van der Waals surface area contributed by atoms with Crippen LogP contribution < -0.4 is 5.32 Å². The van der Waals surface area contributed by atoms with E-state index in [4.69, 9.17) is 0 Å². The summed E-state index contributed by atoms with van der Waals surface area (Å²) in [7, 11) is 1.52. The molecule has 0 radical (unpaired) electrons. The zero-order valence-electron chi connectivity index (χ0n) is 15.7. The van der Waals surface area contributed by atoms with Crippen molar-refractivity contribution in [1.29, 1.82) is 0 Å². The van der Waals surface area contributed by atoms with Crippen molar-refractivity contribution in [3.63, 3.8) is 0 Å². The number of hydrogen-bond donors (Lipinski definition) is 1. The molecule has 0 spiro atoms. The van der Waals surface area contributed by atoms with E-state index in [-0.39, 0.29) is 31.0 Å². The minimum atomic E-state index is -4.20. The highest BCUT2D eigenvalue weighted by Gasteiger charge is 2.27. The molecule has 0 bridgehead atoms. The summed E-state index contributed by atoms with van der Waals surface area (Å²) >= 11 is 0. The van der Waals surface area contributed by atoms with Crippen LogP contribution in [-0.4, -0.2) is 37.1 Å². The SMILES string of the molecule is CC(C)c1ccc(C(NC(=O)CN(C)CCC(F)(F)F)C(C)C)cc1. The van der Waals surface area contributed by atoms with Gasteiger partial charge in [-0.1, -0.05) is 52.0 Å². The largest absolute Gasteiger partial charge is 0.390 e. The topological polar surface area (TPSA) is 32.3 Å². The molecule has 1 aromatic rings. The highest BCUT2D eigenvalue weighted by Crippen LogP contribution is 2.24. The Hall–Kier alpha value is -1.56. The second-order valence-electron chi connectivity index (χ2n) is 7.21. The molecule has 0 aromatic heterocycles. The number of alkyl halides is 3. The Morgan fingerprint density at radius 1 is 1.08 bits per heavy atom. The number of nitrogens with zero attached hydrogens (tertiary/aromatic N) is 1. The maximum Gasteiger partial charge on any atom is 0.390 e. The van der Waals surface area contributed by atoms with E-state index in [1.54, 1.807) is 0 Å². The summed E-state index contributed by atoms with van der Waals surface area (Å²) in [6.45, 7) is 8.01. The van der Waals surface area contributed by atoms with Crippen molar-refractivity contribution in [3.05, 3.63) is 35.4 Å². The minimum absolute atomic E-state index is 0.0522. The van der Waals surface area contributed by atoms with Crippen molar-refractivity contribution in [3.8, 4) is 0 Å². The van der Waals surface area contributed by atoms with Crippen molar-refractivity contribution in [1.82, 2.24) is 10.2 Å². The molecule has 1 amide bonds. The maximum atomic E-state index is 12.3. The van der Waals surface area contributed by atoms with Crippen LogP contribution in [0.15, 0.2) is 24.3 Å². The fourth-order valence-electron chi connectivity index (χ4n) is 2.58. The van der Waals surface area contributed by atoms with Gasteiger partial charge in [0.2, 0.25) is 5.91 Å². The third-order valence-electron chi connectivity index (χ3n) is 4.14. The Morgan fingerprint density at radius 3 is 2.04 bits per heavy atom. The molecule has 0 heterocycles. The molecule has 1 atom stereocenters. The van der Waals surface area contributed by atoms with E-state index in [1.807, 2.05) is 26.0 Å². The van der Waals surface area contributed by atoms with Gasteiger partial charge in [-0.05, 0) is 30.0 Å². The van der Waals surface area contributed by atoms with Gasteiger partial charge in [-0.15, -0.1) is 0 Å². The first-order valence-electron chi connectivity index (χ1n) is 8.64. The lowest BCUT2D eigenvalue weighted by Gasteiger charge is -2.25. The monoisotopic (exact) mass is 358 g/mol. The van der Waals surface area contributed by atoms with Crippen LogP contribution in [0.4, 0.5) is 13.2 Å². The lowest BCUT2D eigenvalue weighted by atomic mass is 9.93. The summed E-state index contributed by atoms with van der Waals surface area (Å²) in [6, 6.07) is 7.96. The first-order valence-corrected chi connectivity index (χ1v) is 8.64. The lowest BCUT2D eigenvalue weighted by Crippen LogP contribution is -2.39. The quantitative estimate of drug-likeness (QED) is 0.742. The third kappa shape index (κ3) is 7.90. The van der Waals surface area contributed by atoms with Crippen molar-refractivity contribution in [2.45, 2.75) is 52.3 Å². The van der Waals surface area contributed by atoms with Gasteiger partial charge in [0.25, 0.3) is 0 Å². The molecule has 3 nitrogen and oxygen atoms in total. The Kier molecular flexibility index (Phi) is 7.93. The number of hydrogen-bond acceptors (Lipinski definition) is 2. The van der Waals surface area contributed by atoms with E-state index >= 15 is 0 Å². The van der Waals surface area contributed by atoms with Gasteiger partial charge < -0.3 is 5.32 Å². The number of halogens is 3. The molecule has 0 aliphatic heterocycles. The van der Waals surface area contributed by atoms with Crippen molar-refractivity contribution < 1.29 is 18.0 Å².